The van der Waals surface area contributed by atoms with E-state index in [1.54, 1.807) is 0 Å². The molecule has 2 aliphatic heterocycles. The number of anilines is 1. The minimum Gasteiger partial charge on any atom is -0.368 e. The number of benzene rings is 2. The van der Waals surface area contributed by atoms with E-state index in [1.165, 1.54) is 28.0 Å². The van der Waals surface area contributed by atoms with Gasteiger partial charge in [0.05, 0.1) is 6.54 Å². The van der Waals surface area contributed by atoms with Gasteiger partial charge in [-0.3, -0.25) is 9.69 Å². The SMILES string of the molecule is Cc1cccc(N2CCN(C(=O)CN3CC=C(c4ccccc4)CC3)CC2)c1C. The summed E-state index contributed by atoms with van der Waals surface area (Å²) in [7, 11) is 0. The number of carbonyl (C=O) groups is 1. The predicted octanol–water partition coefficient (Wildman–Crippen LogP) is 3.74. The van der Waals surface area contributed by atoms with Crippen molar-refractivity contribution in [3.63, 3.8) is 0 Å². The van der Waals surface area contributed by atoms with E-state index in [1.807, 2.05) is 4.90 Å². The van der Waals surface area contributed by atoms with Crippen molar-refractivity contribution in [3.8, 4) is 0 Å². The van der Waals surface area contributed by atoms with E-state index in [2.05, 4.69) is 78.3 Å². The molecule has 0 aromatic heterocycles. The van der Waals surface area contributed by atoms with Crippen molar-refractivity contribution < 1.29 is 4.79 Å². The predicted molar refractivity (Wildman–Crippen MR) is 120 cm³/mol. The first-order valence-corrected chi connectivity index (χ1v) is 10.7. The Morgan fingerprint density at radius 2 is 1.66 bits per heavy atom. The molecule has 2 aliphatic rings. The van der Waals surface area contributed by atoms with Crippen LogP contribution in [0.5, 0.6) is 0 Å². The third kappa shape index (κ3) is 4.54. The van der Waals surface area contributed by atoms with E-state index in [4.69, 9.17) is 0 Å². The second kappa shape index (κ2) is 8.83. The quantitative estimate of drug-likeness (QED) is 0.797. The average molecular weight is 390 g/mol. The van der Waals surface area contributed by atoms with Gasteiger partial charge >= 0.3 is 0 Å². The molecule has 1 amide bonds. The van der Waals surface area contributed by atoms with E-state index in [-0.39, 0.29) is 5.91 Å². The summed E-state index contributed by atoms with van der Waals surface area (Å²) in [6, 6.07) is 17.1. The van der Waals surface area contributed by atoms with Crippen LogP contribution in [0.3, 0.4) is 0 Å². The number of piperazine rings is 1. The fourth-order valence-electron chi connectivity index (χ4n) is 4.34. The molecule has 2 aromatic carbocycles. The van der Waals surface area contributed by atoms with Crippen molar-refractivity contribution in [1.29, 1.82) is 0 Å². The van der Waals surface area contributed by atoms with Crippen LogP contribution in [0, 0.1) is 13.8 Å². The van der Waals surface area contributed by atoms with Gasteiger partial charge in [0.15, 0.2) is 0 Å². The molecular formula is C25H31N3O. The van der Waals surface area contributed by atoms with Gasteiger partial charge in [0, 0.05) is 45.0 Å². The monoisotopic (exact) mass is 389 g/mol. The Hall–Kier alpha value is -2.59. The molecule has 4 rings (SSSR count). The van der Waals surface area contributed by atoms with Gasteiger partial charge in [-0.15, -0.1) is 0 Å². The van der Waals surface area contributed by atoms with Crippen molar-refractivity contribution in [3.05, 3.63) is 71.3 Å². The minimum absolute atomic E-state index is 0.266. The van der Waals surface area contributed by atoms with Gasteiger partial charge in [-0.2, -0.15) is 0 Å². The normalized spacial score (nSPS) is 17.9. The van der Waals surface area contributed by atoms with Crippen LogP contribution < -0.4 is 4.90 Å². The summed E-state index contributed by atoms with van der Waals surface area (Å²) < 4.78 is 0. The number of aryl methyl sites for hydroxylation is 1. The lowest BCUT2D eigenvalue weighted by atomic mass is 9.99. The molecule has 4 nitrogen and oxygen atoms in total. The van der Waals surface area contributed by atoms with Gasteiger partial charge in [-0.1, -0.05) is 48.5 Å². The van der Waals surface area contributed by atoms with Crippen molar-refractivity contribution in [2.75, 3.05) is 50.7 Å². The first-order chi connectivity index (χ1) is 14.1. The summed E-state index contributed by atoms with van der Waals surface area (Å²) in [5.74, 6) is 0.266. The van der Waals surface area contributed by atoms with Gasteiger partial charge < -0.3 is 9.80 Å². The lowest BCUT2D eigenvalue weighted by Gasteiger charge is -2.38. The largest absolute Gasteiger partial charge is 0.368 e. The Morgan fingerprint density at radius 1 is 0.897 bits per heavy atom. The summed E-state index contributed by atoms with van der Waals surface area (Å²) in [4.78, 5) is 19.6. The molecule has 0 radical (unpaired) electrons. The third-order valence-electron chi connectivity index (χ3n) is 6.35. The van der Waals surface area contributed by atoms with E-state index < -0.39 is 0 Å². The molecule has 0 bridgehead atoms. The van der Waals surface area contributed by atoms with Gasteiger partial charge in [0.2, 0.25) is 5.91 Å². The van der Waals surface area contributed by atoms with E-state index in [0.29, 0.717) is 6.54 Å². The highest BCUT2D eigenvalue weighted by molar-refractivity contribution is 5.79. The zero-order valence-corrected chi connectivity index (χ0v) is 17.6. The van der Waals surface area contributed by atoms with E-state index in [0.717, 1.165) is 45.7 Å². The summed E-state index contributed by atoms with van der Waals surface area (Å²) in [6.45, 7) is 10.1. The second-order valence-electron chi connectivity index (χ2n) is 8.17. The molecule has 152 valence electrons. The summed E-state index contributed by atoms with van der Waals surface area (Å²) in [5, 5.41) is 0. The van der Waals surface area contributed by atoms with Crippen molar-refractivity contribution in [1.82, 2.24) is 9.80 Å². The smallest absolute Gasteiger partial charge is 0.236 e. The molecule has 0 N–H and O–H groups in total. The third-order valence-corrected chi connectivity index (χ3v) is 6.35. The van der Waals surface area contributed by atoms with Crippen molar-refractivity contribution >= 4 is 17.2 Å². The topological polar surface area (TPSA) is 26.8 Å². The molecule has 4 heteroatoms. The molecule has 0 spiro atoms. The average Bonchev–Trinajstić information content (AvgIpc) is 2.77. The number of rotatable bonds is 4. The van der Waals surface area contributed by atoms with E-state index in [9.17, 15) is 4.79 Å². The van der Waals surface area contributed by atoms with Crippen molar-refractivity contribution in [2.24, 2.45) is 0 Å². The Kier molecular flexibility index (Phi) is 6.00. The van der Waals surface area contributed by atoms with Crippen molar-refractivity contribution in [2.45, 2.75) is 20.3 Å². The summed E-state index contributed by atoms with van der Waals surface area (Å²) in [6.07, 6.45) is 3.29. The fraction of sp³-hybridized carbons (Fsp3) is 0.400. The first-order valence-electron chi connectivity index (χ1n) is 10.7. The maximum atomic E-state index is 12.8. The zero-order valence-electron chi connectivity index (χ0n) is 17.6. The lowest BCUT2D eigenvalue weighted by Crippen LogP contribution is -2.51. The standard InChI is InChI=1S/C25H31N3O/c1-20-7-6-10-24(21(20)2)27-15-17-28(18-16-27)25(29)19-26-13-11-23(12-14-26)22-8-4-3-5-9-22/h3-11H,12-19H2,1-2H3. The Bertz CT molecular complexity index is 882. The molecular weight excluding hydrogens is 358 g/mol. The van der Waals surface area contributed by atoms with Gasteiger partial charge in [0.25, 0.3) is 0 Å². The van der Waals surface area contributed by atoms with E-state index >= 15 is 0 Å². The molecule has 0 unspecified atom stereocenters. The molecule has 0 aliphatic carbocycles. The first kappa shape index (κ1) is 19.7. The van der Waals surface area contributed by atoms with Crippen LogP contribution >= 0.6 is 0 Å². The van der Waals surface area contributed by atoms with Crippen LogP contribution in [0.25, 0.3) is 5.57 Å². The fourth-order valence-corrected chi connectivity index (χ4v) is 4.34. The maximum absolute atomic E-state index is 12.8. The number of carbonyl (C=O) groups excluding carboxylic acids is 1. The van der Waals surface area contributed by atoms with Crippen LogP contribution in [0.2, 0.25) is 0 Å². The second-order valence-corrected chi connectivity index (χ2v) is 8.17. The van der Waals surface area contributed by atoms with Crippen LogP contribution in [0.1, 0.15) is 23.1 Å². The highest BCUT2D eigenvalue weighted by atomic mass is 16.2. The zero-order chi connectivity index (χ0) is 20.2. The number of amides is 1. The highest BCUT2D eigenvalue weighted by Gasteiger charge is 2.24. The van der Waals surface area contributed by atoms with Crippen LogP contribution in [-0.2, 0) is 4.79 Å². The molecule has 2 heterocycles. The Labute approximate surface area is 174 Å². The summed E-state index contributed by atoms with van der Waals surface area (Å²) >= 11 is 0. The van der Waals surface area contributed by atoms with Gasteiger partial charge in [-0.25, -0.2) is 0 Å². The van der Waals surface area contributed by atoms with Crippen LogP contribution in [-0.4, -0.2) is 61.5 Å². The van der Waals surface area contributed by atoms with Crippen LogP contribution in [0.4, 0.5) is 5.69 Å². The van der Waals surface area contributed by atoms with Gasteiger partial charge in [-0.05, 0) is 48.6 Å². The number of hydrogen-bond acceptors (Lipinski definition) is 3. The molecule has 2 aromatic rings. The molecule has 0 saturated carbocycles. The molecule has 0 atom stereocenters. The lowest BCUT2D eigenvalue weighted by molar-refractivity contribution is -0.132. The molecule has 1 fully saturated rings. The Morgan fingerprint density at radius 3 is 2.34 bits per heavy atom. The summed E-state index contributed by atoms with van der Waals surface area (Å²) in [5.41, 5.74) is 6.69. The molecule has 29 heavy (non-hydrogen) atoms. The van der Waals surface area contributed by atoms with Gasteiger partial charge in [0.1, 0.15) is 0 Å². The minimum atomic E-state index is 0.266. The van der Waals surface area contributed by atoms with Crippen LogP contribution in [0.15, 0.2) is 54.6 Å². The Balaban J connectivity index is 1.28. The highest BCUT2D eigenvalue weighted by Crippen LogP contribution is 2.24. The number of nitrogens with zero attached hydrogens (tertiary/aromatic N) is 3. The number of hydrogen-bond donors (Lipinski definition) is 0. The maximum Gasteiger partial charge on any atom is 0.236 e. The molecule has 1 saturated heterocycles.